The Balaban J connectivity index is 2.41. The van der Waals surface area contributed by atoms with E-state index in [1.807, 2.05) is 11.9 Å². The van der Waals surface area contributed by atoms with Crippen molar-refractivity contribution in [3.8, 4) is 0 Å². The standard InChI is InChI=1S/C10H13NOS/c1-7-4-5-10(2)8(6-7)13-9(12)11(10)3/h4-6,8H,1-3H3/t8?,10-/m1/s1. The van der Waals surface area contributed by atoms with Crippen molar-refractivity contribution in [2.24, 2.45) is 0 Å². The Morgan fingerprint density at radius 3 is 3.00 bits per heavy atom. The molecule has 2 atom stereocenters. The van der Waals surface area contributed by atoms with E-state index in [9.17, 15) is 4.79 Å². The van der Waals surface area contributed by atoms with Crippen molar-refractivity contribution in [1.29, 1.82) is 0 Å². The molecule has 0 aromatic carbocycles. The zero-order valence-corrected chi connectivity index (χ0v) is 8.89. The maximum Gasteiger partial charge on any atom is 0.282 e. The van der Waals surface area contributed by atoms with Gasteiger partial charge < -0.3 is 4.90 Å². The molecule has 3 heteroatoms. The van der Waals surface area contributed by atoms with Crippen LogP contribution >= 0.6 is 11.8 Å². The van der Waals surface area contributed by atoms with Gasteiger partial charge in [-0.05, 0) is 13.8 Å². The van der Waals surface area contributed by atoms with Crippen LogP contribution in [0.15, 0.2) is 23.8 Å². The molecule has 0 spiro atoms. The number of likely N-dealkylation sites (N-methyl/N-ethyl adjacent to an activating group) is 1. The Bertz CT molecular complexity index is 321. The Kier molecular flexibility index (Phi) is 1.80. The number of amides is 1. The fourth-order valence-electron chi connectivity index (χ4n) is 1.70. The quantitative estimate of drug-likeness (QED) is 0.591. The summed E-state index contributed by atoms with van der Waals surface area (Å²) in [6.45, 7) is 4.18. The summed E-state index contributed by atoms with van der Waals surface area (Å²) in [5.41, 5.74) is 1.14. The number of nitrogens with zero attached hydrogens (tertiary/aromatic N) is 1. The molecule has 0 aromatic rings. The van der Waals surface area contributed by atoms with Gasteiger partial charge in [0.25, 0.3) is 5.24 Å². The summed E-state index contributed by atoms with van der Waals surface area (Å²) in [7, 11) is 1.87. The Labute approximate surface area is 82.7 Å². The number of rotatable bonds is 0. The van der Waals surface area contributed by atoms with Crippen molar-refractivity contribution in [2.75, 3.05) is 7.05 Å². The highest BCUT2D eigenvalue weighted by molar-refractivity contribution is 8.14. The van der Waals surface area contributed by atoms with E-state index < -0.39 is 0 Å². The monoisotopic (exact) mass is 195 g/mol. The first kappa shape index (κ1) is 8.88. The summed E-state index contributed by atoms with van der Waals surface area (Å²) < 4.78 is 0. The van der Waals surface area contributed by atoms with Crippen molar-refractivity contribution >= 4 is 17.0 Å². The lowest BCUT2D eigenvalue weighted by Gasteiger charge is -2.34. The molecule has 70 valence electrons. The largest absolute Gasteiger partial charge is 0.326 e. The van der Waals surface area contributed by atoms with E-state index in [1.165, 1.54) is 17.3 Å². The third kappa shape index (κ3) is 1.14. The van der Waals surface area contributed by atoms with Gasteiger partial charge in [0.1, 0.15) is 0 Å². The number of thioether (sulfide) groups is 1. The first-order chi connectivity index (χ1) is 6.04. The molecule has 13 heavy (non-hydrogen) atoms. The maximum atomic E-state index is 11.5. The van der Waals surface area contributed by atoms with Gasteiger partial charge in [-0.3, -0.25) is 4.79 Å². The molecule has 1 fully saturated rings. The van der Waals surface area contributed by atoms with Gasteiger partial charge in [0.05, 0.1) is 10.8 Å². The van der Waals surface area contributed by atoms with Crippen molar-refractivity contribution in [1.82, 2.24) is 4.90 Å². The van der Waals surface area contributed by atoms with Crippen LogP contribution in [0.25, 0.3) is 0 Å². The van der Waals surface area contributed by atoms with Crippen LogP contribution in [0.2, 0.25) is 0 Å². The van der Waals surface area contributed by atoms with Gasteiger partial charge in [-0.1, -0.05) is 35.6 Å². The van der Waals surface area contributed by atoms with E-state index in [-0.39, 0.29) is 16.0 Å². The predicted molar refractivity (Wildman–Crippen MR) is 55.8 cm³/mol. The van der Waals surface area contributed by atoms with Gasteiger partial charge in [-0.2, -0.15) is 0 Å². The highest BCUT2D eigenvalue weighted by Gasteiger charge is 2.46. The number of hydrogen-bond acceptors (Lipinski definition) is 2. The smallest absolute Gasteiger partial charge is 0.282 e. The van der Waals surface area contributed by atoms with Gasteiger partial charge in [-0.15, -0.1) is 0 Å². The fraction of sp³-hybridized carbons (Fsp3) is 0.500. The van der Waals surface area contributed by atoms with Crippen LogP contribution in [0.5, 0.6) is 0 Å². The van der Waals surface area contributed by atoms with Crippen LogP contribution in [0, 0.1) is 0 Å². The Hall–Kier alpha value is -0.700. The lowest BCUT2D eigenvalue weighted by Crippen LogP contribution is -2.44. The first-order valence-corrected chi connectivity index (χ1v) is 5.24. The minimum Gasteiger partial charge on any atom is -0.326 e. The number of carbonyl (C=O) groups excluding carboxylic acids is 1. The zero-order chi connectivity index (χ0) is 9.64. The minimum atomic E-state index is -0.110. The van der Waals surface area contributed by atoms with Crippen LogP contribution in [0.4, 0.5) is 4.79 Å². The topological polar surface area (TPSA) is 20.3 Å². The summed E-state index contributed by atoms with van der Waals surface area (Å²) in [4.78, 5) is 13.3. The van der Waals surface area contributed by atoms with E-state index in [0.29, 0.717) is 0 Å². The second-order valence-electron chi connectivity index (χ2n) is 3.83. The van der Waals surface area contributed by atoms with E-state index in [4.69, 9.17) is 0 Å². The third-order valence-corrected chi connectivity index (χ3v) is 4.24. The molecule has 0 radical (unpaired) electrons. The molecule has 1 aliphatic heterocycles. The van der Waals surface area contributed by atoms with Crippen LogP contribution in [-0.4, -0.2) is 28.0 Å². The molecule has 1 saturated heterocycles. The predicted octanol–water partition coefficient (Wildman–Crippen LogP) is 2.43. The van der Waals surface area contributed by atoms with Gasteiger partial charge in [0.2, 0.25) is 0 Å². The highest BCUT2D eigenvalue weighted by atomic mass is 32.2. The maximum absolute atomic E-state index is 11.5. The van der Waals surface area contributed by atoms with Crippen molar-refractivity contribution < 1.29 is 4.79 Å². The van der Waals surface area contributed by atoms with Crippen molar-refractivity contribution in [3.63, 3.8) is 0 Å². The SMILES string of the molecule is CC1=CC2SC(=O)N(C)[C@]2(C)C=C1. The van der Waals surface area contributed by atoms with Crippen LogP contribution in [-0.2, 0) is 0 Å². The summed E-state index contributed by atoms with van der Waals surface area (Å²) in [5.74, 6) is 0. The Morgan fingerprint density at radius 2 is 2.31 bits per heavy atom. The number of fused-ring (bicyclic) bond motifs is 1. The van der Waals surface area contributed by atoms with Crippen molar-refractivity contribution in [3.05, 3.63) is 23.8 Å². The van der Waals surface area contributed by atoms with Gasteiger partial charge in [-0.25, -0.2) is 0 Å². The normalized spacial score (nSPS) is 37.8. The zero-order valence-electron chi connectivity index (χ0n) is 8.07. The summed E-state index contributed by atoms with van der Waals surface area (Å²) >= 11 is 1.42. The van der Waals surface area contributed by atoms with Crippen LogP contribution in [0.1, 0.15) is 13.8 Å². The van der Waals surface area contributed by atoms with E-state index in [2.05, 4.69) is 32.1 Å². The molecule has 2 nitrogen and oxygen atoms in total. The summed E-state index contributed by atoms with van der Waals surface area (Å²) in [6, 6.07) is 0. The first-order valence-electron chi connectivity index (χ1n) is 4.36. The second-order valence-corrected chi connectivity index (χ2v) is 4.93. The molecule has 0 saturated carbocycles. The molecule has 1 amide bonds. The number of hydrogen-bond donors (Lipinski definition) is 0. The highest BCUT2D eigenvalue weighted by Crippen LogP contribution is 2.42. The molecule has 2 aliphatic rings. The second kappa shape index (κ2) is 2.64. The molecule has 1 unspecified atom stereocenters. The molecular weight excluding hydrogens is 182 g/mol. The minimum absolute atomic E-state index is 0.110. The average Bonchev–Trinajstić information content (AvgIpc) is 2.29. The summed E-state index contributed by atoms with van der Waals surface area (Å²) in [6.07, 6.45) is 6.39. The molecular formula is C10H13NOS. The summed E-state index contributed by atoms with van der Waals surface area (Å²) in [5, 5.41) is 0.457. The van der Waals surface area contributed by atoms with Gasteiger partial charge in [0, 0.05) is 7.05 Å². The van der Waals surface area contributed by atoms with Crippen LogP contribution in [0.3, 0.4) is 0 Å². The average molecular weight is 195 g/mol. The molecule has 0 bridgehead atoms. The third-order valence-electron chi connectivity index (χ3n) is 2.90. The van der Waals surface area contributed by atoms with E-state index >= 15 is 0 Å². The van der Waals surface area contributed by atoms with Crippen LogP contribution < -0.4 is 0 Å². The molecule has 1 heterocycles. The van der Waals surface area contributed by atoms with E-state index in [0.717, 1.165) is 0 Å². The van der Waals surface area contributed by atoms with Crippen molar-refractivity contribution in [2.45, 2.75) is 24.6 Å². The molecule has 0 aromatic heterocycles. The lowest BCUT2D eigenvalue weighted by molar-refractivity contribution is 0.205. The lowest BCUT2D eigenvalue weighted by atomic mass is 9.89. The molecule has 2 rings (SSSR count). The molecule has 1 aliphatic carbocycles. The Morgan fingerprint density at radius 1 is 1.62 bits per heavy atom. The molecule has 0 N–H and O–H groups in total. The number of allylic oxidation sites excluding steroid dienone is 2. The van der Waals surface area contributed by atoms with E-state index in [1.54, 1.807) is 0 Å². The van der Waals surface area contributed by atoms with Gasteiger partial charge >= 0.3 is 0 Å². The van der Waals surface area contributed by atoms with Gasteiger partial charge in [0.15, 0.2) is 0 Å². The number of carbonyl (C=O) groups is 1. The fourth-order valence-corrected chi connectivity index (χ4v) is 3.03.